The van der Waals surface area contributed by atoms with Crippen LogP contribution in [-0.4, -0.2) is 23.5 Å². The molecule has 0 radical (unpaired) electrons. The molecular weight excluding hydrogens is 244 g/mol. The van der Waals surface area contributed by atoms with Crippen LogP contribution in [-0.2, 0) is 14.3 Å². The highest BCUT2D eigenvalue weighted by Crippen LogP contribution is 2.21. The van der Waals surface area contributed by atoms with Crippen molar-refractivity contribution in [1.82, 2.24) is 0 Å². The van der Waals surface area contributed by atoms with E-state index in [4.69, 9.17) is 11.6 Å². The van der Waals surface area contributed by atoms with E-state index in [-0.39, 0.29) is 23.0 Å². The van der Waals surface area contributed by atoms with Crippen LogP contribution in [0, 0.1) is 0 Å². The lowest BCUT2D eigenvalue weighted by molar-refractivity contribution is -0.151. The van der Waals surface area contributed by atoms with Crippen molar-refractivity contribution in [3.63, 3.8) is 0 Å². The van der Waals surface area contributed by atoms with Gasteiger partial charge in [-0.2, -0.15) is 0 Å². The summed E-state index contributed by atoms with van der Waals surface area (Å²) in [6, 6.07) is 6.44. The standard InChI is InChI=1S/C12H11ClO4/c1-2-17-12(16)11(15)7-10(14)8-5-3-4-6-9(8)13/h3-7,14H,2H2,1H3/b10-7-. The van der Waals surface area contributed by atoms with Gasteiger partial charge in [0.05, 0.1) is 11.6 Å². The third-order valence-corrected chi connectivity index (χ3v) is 2.22. The van der Waals surface area contributed by atoms with Crippen molar-refractivity contribution in [2.45, 2.75) is 6.92 Å². The Balaban J connectivity index is 2.90. The molecule has 17 heavy (non-hydrogen) atoms. The molecule has 1 rings (SSSR count). The van der Waals surface area contributed by atoms with Gasteiger partial charge in [-0.15, -0.1) is 0 Å². The molecule has 0 saturated carbocycles. The van der Waals surface area contributed by atoms with Gasteiger partial charge in [-0.3, -0.25) is 4.79 Å². The summed E-state index contributed by atoms with van der Waals surface area (Å²) in [7, 11) is 0. The Kier molecular flexibility index (Phi) is 4.72. The zero-order valence-electron chi connectivity index (χ0n) is 9.14. The molecule has 0 aromatic heterocycles. The van der Waals surface area contributed by atoms with E-state index in [1.54, 1.807) is 25.1 Å². The smallest absolute Gasteiger partial charge is 0.379 e. The minimum Gasteiger partial charge on any atom is -0.507 e. The van der Waals surface area contributed by atoms with Crippen LogP contribution in [0.15, 0.2) is 30.3 Å². The first-order valence-electron chi connectivity index (χ1n) is 4.93. The first-order chi connectivity index (χ1) is 8.06. The normalized spacial score (nSPS) is 11.1. The van der Waals surface area contributed by atoms with Crippen LogP contribution in [0.3, 0.4) is 0 Å². The summed E-state index contributed by atoms with van der Waals surface area (Å²) in [4.78, 5) is 22.3. The second kappa shape index (κ2) is 6.06. The molecule has 90 valence electrons. The molecule has 0 unspecified atom stereocenters. The fourth-order valence-corrected chi connectivity index (χ4v) is 1.36. The number of ether oxygens (including phenoxy) is 1. The van der Waals surface area contributed by atoms with Gasteiger partial charge in [0.1, 0.15) is 5.76 Å². The molecular formula is C12H11ClO4. The number of rotatable bonds is 4. The Labute approximate surface area is 103 Å². The van der Waals surface area contributed by atoms with E-state index in [9.17, 15) is 14.7 Å². The minimum atomic E-state index is -1.01. The molecule has 0 aliphatic rings. The third kappa shape index (κ3) is 3.60. The number of carbonyl (C=O) groups excluding carboxylic acids is 2. The van der Waals surface area contributed by atoms with Crippen molar-refractivity contribution in [3.8, 4) is 0 Å². The highest BCUT2D eigenvalue weighted by molar-refractivity contribution is 6.39. The molecule has 1 N–H and O–H groups in total. The molecule has 0 aliphatic heterocycles. The van der Waals surface area contributed by atoms with Crippen molar-refractivity contribution in [1.29, 1.82) is 0 Å². The van der Waals surface area contributed by atoms with Crippen molar-refractivity contribution in [3.05, 3.63) is 40.9 Å². The summed E-state index contributed by atoms with van der Waals surface area (Å²) in [5.74, 6) is -2.30. The quantitative estimate of drug-likeness (QED) is 0.388. The highest BCUT2D eigenvalue weighted by Gasteiger charge is 2.14. The van der Waals surface area contributed by atoms with Crippen LogP contribution < -0.4 is 0 Å². The summed E-state index contributed by atoms with van der Waals surface area (Å²) < 4.78 is 4.49. The second-order valence-corrected chi connectivity index (χ2v) is 3.50. The van der Waals surface area contributed by atoms with Gasteiger partial charge in [-0.05, 0) is 19.1 Å². The van der Waals surface area contributed by atoms with E-state index >= 15 is 0 Å². The predicted molar refractivity (Wildman–Crippen MR) is 63.7 cm³/mol. The summed E-state index contributed by atoms with van der Waals surface area (Å²) in [5.41, 5.74) is 0.284. The minimum absolute atomic E-state index is 0.102. The van der Waals surface area contributed by atoms with Gasteiger partial charge >= 0.3 is 5.97 Å². The Morgan fingerprint density at radius 3 is 2.65 bits per heavy atom. The van der Waals surface area contributed by atoms with Crippen LogP contribution >= 0.6 is 11.6 Å². The number of halogens is 1. The zero-order valence-corrected chi connectivity index (χ0v) is 9.90. The van der Waals surface area contributed by atoms with Crippen LogP contribution in [0.1, 0.15) is 12.5 Å². The Morgan fingerprint density at radius 1 is 1.41 bits per heavy atom. The van der Waals surface area contributed by atoms with Crippen LogP contribution in [0.2, 0.25) is 5.02 Å². The molecule has 0 fully saturated rings. The van der Waals surface area contributed by atoms with E-state index in [0.717, 1.165) is 6.08 Å². The topological polar surface area (TPSA) is 63.6 Å². The summed E-state index contributed by atoms with van der Waals surface area (Å²) in [6.45, 7) is 1.69. The number of aliphatic hydroxyl groups excluding tert-OH is 1. The number of hydrogen-bond donors (Lipinski definition) is 1. The number of esters is 1. The van der Waals surface area contributed by atoms with Gasteiger partial charge in [-0.25, -0.2) is 4.79 Å². The van der Waals surface area contributed by atoms with Gasteiger partial charge in [-0.1, -0.05) is 23.7 Å². The summed E-state index contributed by atoms with van der Waals surface area (Å²) in [5, 5.41) is 9.93. The van der Waals surface area contributed by atoms with E-state index in [1.807, 2.05) is 0 Å². The maximum atomic E-state index is 11.3. The summed E-state index contributed by atoms with van der Waals surface area (Å²) >= 11 is 5.81. The SMILES string of the molecule is CCOC(=O)C(=O)/C=C(\O)c1ccccc1Cl. The molecule has 1 aromatic rings. The lowest BCUT2D eigenvalue weighted by Crippen LogP contribution is -2.15. The fraction of sp³-hybridized carbons (Fsp3) is 0.167. The predicted octanol–water partition coefficient (Wildman–Crippen LogP) is 2.37. The van der Waals surface area contributed by atoms with Gasteiger partial charge in [0.15, 0.2) is 0 Å². The van der Waals surface area contributed by atoms with E-state index < -0.39 is 11.8 Å². The molecule has 0 atom stereocenters. The van der Waals surface area contributed by atoms with Crippen LogP contribution in [0.25, 0.3) is 5.76 Å². The van der Waals surface area contributed by atoms with Gasteiger partial charge < -0.3 is 9.84 Å². The molecule has 5 heteroatoms. The fourth-order valence-electron chi connectivity index (χ4n) is 1.13. The van der Waals surface area contributed by atoms with E-state index in [0.29, 0.717) is 0 Å². The molecule has 0 heterocycles. The monoisotopic (exact) mass is 254 g/mol. The lowest BCUT2D eigenvalue weighted by atomic mass is 10.1. The van der Waals surface area contributed by atoms with Crippen LogP contribution in [0.4, 0.5) is 0 Å². The molecule has 1 aromatic carbocycles. The zero-order chi connectivity index (χ0) is 12.8. The molecule has 0 spiro atoms. The molecule has 0 amide bonds. The molecule has 0 bridgehead atoms. The molecule has 0 saturated heterocycles. The first kappa shape index (κ1) is 13.3. The second-order valence-electron chi connectivity index (χ2n) is 3.09. The average molecular weight is 255 g/mol. The number of ketones is 1. The first-order valence-corrected chi connectivity index (χ1v) is 5.30. The van der Waals surface area contributed by atoms with Crippen LogP contribution in [0.5, 0.6) is 0 Å². The highest BCUT2D eigenvalue weighted by atomic mass is 35.5. The van der Waals surface area contributed by atoms with Gasteiger partial charge in [0.2, 0.25) is 0 Å². The Morgan fingerprint density at radius 2 is 2.06 bits per heavy atom. The van der Waals surface area contributed by atoms with Crippen molar-refractivity contribution < 1.29 is 19.4 Å². The van der Waals surface area contributed by atoms with E-state index in [2.05, 4.69) is 4.74 Å². The van der Waals surface area contributed by atoms with Gasteiger partial charge in [0, 0.05) is 11.6 Å². The largest absolute Gasteiger partial charge is 0.507 e. The van der Waals surface area contributed by atoms with E-state index in [1.165, 1.54) is 6.07 Å². The maximum Gasteiger partial charge on any atom is 0.379 e. The summed E-state index contributed by atoms with van der Waals surface area (Å²) in [6.07, 6.45) is 0.791. The maximum absolute atomic E-state index is 11.3. The molecule has 0 aliphatic carbocycles. The average Bonchev–Trinajstić information content (AvgIpc) is 2.29. The number of benzene rings is 1. The Hall–Kier alpha value is -1.81. The lowest BCUT2D eigenvalue weighted by Gasteiger charge is -2.02. The van der Waals surface area contributed by atoms with Crippen molar-refractivity contribution in [2.24, 2.45) is 0 Å². The molecule has 4 nitrogen and oxygen atoms in total. The number of aliphatic hydroxyl groups is 1. The number of carbonyl (C=O) groups is 2. The Bertz CT molecular complexity index is 465. The van der Waals surface area contributed by atoms with Gasteiger partial charge in [0.25, 0.3) is 5.78 Å². The third-order valence-electron chi connectivity index (χ3n) is 1.89. The van der Waals surface area contributed by atoms with Crippen molar-refractivity contribution >= 4 is 29.1 Å². The van der Waals surface area contributed by atoms with Crippen molar-refractivity contribution in [2.75, 3.05) is 6.61 Å². The number of hydrogen-bond acceptors (Lipinski definition) is 4.